The average Bonchev–Trinajstić information content (AvgIpc) is 2.55. The van der Waals surface area contributed by atoms with E-state index in [1.165, 1.54) is 18.2 Å². The molecule has 0 aliphatic heterocycles. The van der Waals surface area contributed by atoms with Crippen LogP contribution >= 0.6 is 0 Å². The zero-order chi connectivity index (χ0) is 17.5. The lowest BCUT2D eigenvalue weighted by atomic mass is 10.2. The van der Waals surface area contributed by atoms with E-state index in [0.717, 1.165) is 11.8 Å². The quantitative estimate of drug-likeness (QED) is 0.380. The Hall–Kier alpha value is -3.66. The summed E-state index contributed by atoms with van der Waals surface area (Å²) in [6.45, 7) is 1.88. The number of rotatable bonds is 5. The van der Waals surface area contributed by atoms with Gasteiger partial charge in [0.15, 0.2) is 0 Å². The highest BCUT2D eigenvalue weighted by Gasteiger charge is 2.13. The first-order valence-electron chi connectivity index (χ1n) is 6.99. The fourth-order valence-corrected chi connectivity index (χ4v) is 1.97. The van der Waals surface area contributed by atoms with Crippen molar-refractivity contribution in [2.75, 3.05) is 10.6 Å². The maximum absolute atomic E-state index is 12.1. The molecule has 120 valence electrons. The number of carbonyl (C=O) groups excluding carboxylic acids is 1. The first kappa shape index (κ1) is 16.7. The summed E-state index contributed by atoms with van der Waals surface area (Å²) in [5, 5.41) is 25.3. The van der Waals surface area contributed by atoms with Crippen LogP contribution in [0.5, 0.6) is 0 Å². The minimum Gasteiger partial charge on any atom is -0.355 e. The van der Waals surface area contributed by atoms with Crippen molar-refractivity contribution in [3.63, 3.8) is 0 Å². The number of aryl methyl sites for hydroxylation is 1. The summed E-state index contributed by atoms with van der Waals surface area (Å²) in [7, 11) is 0. The number of anilines is 2. The normalized spacial score (nSPS) is 10.6. The molecule has 0 saturated heterocycles. The van der Waals surface area contributed by atoms with Gasteiger partial charge in [0.05, 0.1) is 4.92 Å². The molecule has 2 aromatic carbocycles. The predicted octanol–water partition coefficient (Wildman–Crippen LogP) is 3.36. The van der Waals surface area contributed by atoms with E-state index < -0.39 is 10.8 Å². The molecule has 0 aliphatic rings. The molecule has 0 aliphatic carbocycles. The second-order valence-corrected chi connectivity index (χ2v) is 4.91. The molecule has 2 N–H and O–H groups in total. The molecule has 0 radical (unpaired) electrons. The van der Waals surface area contributed by atoms with Crippen LogP contribution in [0.3, 0.4) is 0 Å². The largest absolute Gasteiger partial charge is 0.355 e. The molecule has 2 aromatic rings. The van der Waals surface area contributed by atoms with Gasteiger partial charge in [-0.25, -0.2) is 0 Å². The second kappa shape index (κ2) is 7.56. The van der Waals surface area contributed by atoms with Gasteiger partial charge < -0.3 is 10.6 Å². The molecule has 0 spiro atoms. The van der Waals surface area contributed by atoms with Gasteiger partial charge in [0, 0.05) is 18.0 Å². The molecule has 24 heavy (non-hydrogen) atoms. The van der Waals surface area contributed by atoms with Crippen LogP contribution < -0.4 is 10.6 Å². The molecule has 0 saturated carbocycles. The molecule has 7 nitrogen and oxygen atoms in total. The highest BCUT2D eigenvalue weighted by molar-refractivity contribution is 6.06. The Balaban J connectivity index is 2.16. The van der Waals surface area contributed by atoms with Gasteiger partial charge in [-0.15, -0.1) is 0 Å². The van der Waals surface area contributed by atoms with Crippen molar-refractivity contribution in [1.82, 2.24) is 0 Å². The van der Waals surface area contributed by atoms with E-state index in [1.807, 2.05) is 13.0 Å². The van der Waals surface area contributed by atoms with Crippen molar-refractivity contribution in [2.24, 2.45) is 0 Å². The van der Waals surface area contributed by atoms with Crippen molar-refractivity contribution in [3.8, 4) is 6.07 Å². The van der Waals surface area contributed by atoms with Crippen LogP contribution in [0.1, 0.15) is 5.56 Å². The number of para-hydroxylation sites is 2. The average molecular weight is 322 g/mol. The van der Waals surface area contributed by atoms with Crippen LogP contribution in [0.2, 0.25) is 0 Å². The van der Waals surface area contributed by atoms with E-state index >= 15 is 0 Å². The predicted molar refractivity (Wildman–Crippen MR) is 90.2 cm³/mol. The third kappa shape index (κ3) is 4.18. The maximum atomic E-state index is 12.1. The highest BCUT2D eigenvalue weighted by atomic mass is 16.6. The van der Waals surface area contributed by atoms with Gasteiger partial charge in [-0.1, -0.05) is 24.3 Å². The van der Waals surface area contributed by atoms with Crippen LogP contribution in [0.4, 0.5) is 17.1 Å². The summed E-state index contributed by atoms with van der Waals surface area (Å²) in [5.41, 5.74) is 1.37. The molecule has 7 heteroatoms. The van der Waals surface area contributed by atoms with E-state index in [1.54, 1.807) is 30.3 Å². The number of benzene rings is 2. The number of nitro benzene ring substituents is 1. The molecule has 1 amide bonds. The van der Waals surface area contributed by atoms with Crippen molar-refractivity contribution in [2.45, 2.75) is 6.92 Å². The Labute approximate surface area is 138 Å². The molecular formula is C17H14N4O3. The monoisotopic (exact) mass is 322 g/mol. The summed E-state index contributed by atoms with van der Waals surface area (Å²) in [6.07, 6.45) is 1.15. The number of nitro groups is 1. The highest BCUT2D eigenvalue weighted by Crippen LogP contribution is 2.23. The number of nitrogens with one attached hydrogen (secondary N) is 2. The van der Waals surface area contributed by atoms with E-state index in [-0.39, 0.29) is 16.9 Å². The Kier molecular flexibility index (Phi) is 5.26. The van der Waals surface area contributed by atoms with Gasteiger partial charge in [0.1, 0.15) is 17.3 Å². The SMILES string of the molecule is Cc1cccc(NC(=O)/C(C#N)=C\Nc2ccccc2[N+](=O)[O-])c1. The third-order valence-corrected chi connectivity index (χ3v) is 3.11. The number of carbonyl (C=O) groups is 1. The van der Waals surface area contributed by atoms with Gasteiger partial charge in [-0.05, 0) is 30.7 Å². The number of nitrogens with zero attached hydrogens (tertiary/aromatic N) is 2. The molecule has 0 aromatic heterocycles. The Morgan fingerprint density at radius 2 is 2.00 bits per heavy atom. The second-order valence-electron chi connectivity index (χ2n) is 4.91. The smallest absolute Gasteiger partial charge is 0.292 e. The molecule has 0 atom stereocenters. The van der Waals surface area contributed by atoms with Crippen LogP contribution in [0, 0.1) is 28.4 Å². The molecule has 0 fully saturated rings. The Morgan fingerprint density at radius 3 is 2.67 bits per heavy atom. The van der Waals surface area contributed by atoms with Gasteiger partial charge in [0.25, 0.3) is 11.6 Å². The van der Waals surface area contributed by atoms with E-state index in [4.69, 9.17) is 5.26 Å². The third-order valence-electron chi connectivity index (χ3n) is 3.11. The fourth-order valence-electron chi connectivity index (χ4n) is 1.97. The summed E-state index contributed by atoms with van der Waals surface area (Å²) >= 11 is 0. The molecule has 0 unspecified atom stereocenters. The zero-order valence-electron chi connectivity index (χ0n) is 12.8. The van der Waals surface area contributed by atoms with Crippen LogP contribution in [0.15, 0.2) is 60.3 Å². The summed E-state index contributed by atoms with van der Waals surface area (Å²) in [4.78, 5) is 22.5. The van der Waals surface area contributed by atoms with Crippen molar-refractivity contribution < 1.29 is 9.72 Å². The first-order valence-corrected chi connectivity index (χ1v) is 6.99. The number of nitriles is 1. The Bertz CT molecular complexity index is 853. The topological polar surface area (TPSA) is 108 Å². The minimum absolute atomic E-state index is 0.148. The summed E-state index contributed by atoms with van der Waals surface area (Å²) < 4.78 is 0. The lowest BCUT2D eigenvalue weighted by Crippen LogP contribution is -2.14. The van der Waals surface area contributed by atoms with Gasteiger partial charge in [-0.2, -0.15) is 5.26 Å². The zero-order valence-corrected chi connectivity index (χ0v) is 12.8. The van der Waals surface area contributed by atoms with Crippen LogP contribution in [-0.2, 0) is 4.79 Å². The first-order chi connectivity index (χ1) is 11.5. The number of hydrogen-bond acceptors (Lipinski definition) is 5. The standard InChI is InChI=1S/C17H14N4O3/c1-12-5-4-6-14(9-12)20-17(22)13(10-18)11-19-15-7-2-3-8-16(15)21(23)24/h2-9,11,19H,1H3,(H,20,22)/b13-11-. The van der Waals surface area contributed by atoms with Gasteiger partial charge in [0.2, 0.25) is 0 Å². The van der Waals surface area contributed by atoms with Crippen molar-refractivity contribution in [1.29, 1.82) is 5.26 Å². The molecule has 0 bridgehead atoms. The number of hydrogen-bond donors (Lipinski definition) is 2. The fraction of sp³-hybridized carbons (Fsp3) is 0.0588. The lowest BCUT2D eigenvalue weighted by Gasteiger charge is -2.06. The number of amides is 1. The minimum atomic E-state index is -0.603. The van der Waals surface area contributed by atoms with Crippen molar-refractivity contribution >= 4 is 23.0 Å². The Morgan fingerprint density at radius 1 is 1.25 bits per heavy atom. The maximum Gasteiger partial charge on any atom is 0.292 e. The van der Waals surface area contributed by atoms with Crippen LogP contribution in [-0.4, -0.2) is 10.8 Å². The molecule has 2 rings (SSSR count). The lowest BCUT2D eigenvalue weighted by molar-refractivity contribution is -0.383. The molecular weight excluding hydrogens is 308 g/mol. The van der Waals surface area contributed by atoms with Crippen LogP contribution in [0.25, 0.3) is 0 Å². The van der Waals surface area contributed by atoms with E-state index in [9.17, 15) is 14.9 Å². The van der Waals surface area contributed by atoms with E-state index in [0.29, 0.717) is 5.69 Å². The molecule has 0 heterocycles. The summed E-state index contributed by atoms with van der Waals surface area (Å²) in [5.74, 6) is -0.603. The van der Waals surface area contributed by atoms with Crippen molar-refractivity contribution in [3.05, 3.63) is 76.0 Å². The van der Waals surface area contributed by atoms with Gasteiger partial charge >= 0.3 is 0 Å². The van der Waals surface area contributed by atoms with Gasteiger partial charge in [-0.3, -0.25) is 14.9 Å². The summed E-state index contributed by atoms with van der Waals surface area (Å²) in [6, 6.07) is 14.9. The van der Waals surface area contributed by atoms with E-state index in [2.05, 4.69) is 10.6 Å².